The molecule has 1 aromatic heterocycles. The molecule has 0 bridgehead atoms. The standard InChI is InChI=1S/C28H37N5O5/c1-38-22-9-5-8-19-17(22)14-20(32-19)27(37)33-21(25(30)35)15-28(10-3-2-4-11-28)23(33)18(24(29)34)13-16-7-6-12-31-26(16)36/h5,8-9,14,16,18,21,23,32H,2-4,6-7,10-13,15H2,1H3,(H2,29,34)(H2,30,35)(H,31,36)/t16-,18-,21?,23?/m0/s1. The van der Waals surface area contributed by atoms with Gasteiger partial charge in [0.15, 0.2) is 0 Å². The van der Waals surface area contributed by atoms with Gasteiger partial charge in [0.05, 0.1) is 19.1 Å². The van der Waals surface area contributed by atoms with Gasteiger partial charge in [-0.25, -0.2) is 0 Å². The van der Waals surface area contributed by atoms with Crippen molar-refractivity contribution in [2.45, 2.75) is 69.9 Å². The molecule has 4 amide bonds. The number of hydrogen-bond donors (Lipinski definition) is 4. The van der Waals surface area contributed by atoms with Gasteiger partial charge in [0, 0.05) is 23.4 Å². The number of primary amides is 2. The minimum absolute atomic E-state index is 0.0924. The van der Waals surface area contributed by atoms with E-state index in [2.05, 4.69) is 10.3 Å². The Kier molecular flexibility index (Phi) is 7.07. The average Bonchev–Trinajstić information content (AvgIpc) is 3.48. The monoisotopic (exact) mass is 523 g/mol. The van der Waals surface area contributed by atoms with Crippen LogP contribution in [0.1, 0.15) is 68.3 Å². The number of nitrogens with two attached hydrogens (primary N) is 2. The molecule has 1 spiro atoms. The first kappa shape index (κ1) is 26.1. The molecular formula is C28H37N5O5. The predicted octanol–water partition coefficient (Wildman–Crippen LogP) is 2.21. The van der Waals surface area contributed by atoms with Gasteiger partial charge in [0.25, 0.3) is 5.91 Å². The van der Waals surface area contributed by atoms with Gasteiger partial charge in [-0.1, -0.05) is 25.3 Å². The molecule has 10 nitrogen and oxygen atoms in total. The number of aromatic nitrogens is 1. The van der Waals surface area contributed by atoms with E-state index in [-0.39, 0.29) is 23.9 Å². The lowest BCUT2D eigenvalue weighted by Gasteiger charge is -2.44. The number of H-pyrrole nitrogens is 1. The molecule has 38 heavy (non-hydrogen) atoms. The number of amides is 4. The van der Waals surface area contributed by atoms with Crippen molar-refractivity contribution in [1.82, 2.24) is 15.2 Å². The van der Waals surface area contributed by atoms with Gasteiger partial charge in [-0.05, 0) is 62.1 Å². The van der Waals surface area contributed by atoms with E-state index in [0.29, 0.717) is 25.1 Å². The lowest BCUT2D eigenvalue weighted by molar-refractivity contribution is -0.131. The number of carbonyl (C=O) groups excluding carboxylic acids is 4. The Labute approximate surface area is 221 Å². The Morgan fingerprint density at radius 1 is 1.16 bits per heavy atom. The third-order valence-electron chi connectivity index (χ3n) is 9.03. The van der Waals surface area contributed by atoms with Crippen LogP contribution in [0, 0.1) is 17.3 Å². The second-order valence-electron chi connectivity index (χ2n) is 11.2. The Hall–Kier alpha value is -3.56. The molecule has 1 aromatic carbocycles. The summed E-state index contributed by atoms with van der Waals surface area (Å²) in [4.78, 5) is 57.6. The molecule has 1 saturated carbocycles. The first-order valence-electron chi connectivity index (χ1n) is 13.6. The number of nitrogens with zero attached hydrogens (tertiary/aromatic N) is 1. The van der Waals surface area contributed by atoms with Crippen LogP contribution in [0.25, 0.3) is 10.9 Å². The van der Waals surface area contributed by atoms with Crippen LogP contribution in [-0.4, -0.2) is 59.3 Å². The number of fused-ring (bicyclic) bond motifs is 1. The van der Waals surface area contributed by atoms with Gasteiger partial charge >= 0.3 is 0 Å². The van der Waals surface area contributed by atoms with Crippen LogP contribution in [0.5, 0.6) is 5.75 Å². The molecule has 6 N–H and O–H groups in total. The number of benzene rings is 1. The normalized spacial score (nSPS) is 25.8. The maximum atomic E-state index is 14.3. The quantitative estimate of drug-likeness (QED) is 0.437. The molecular weight excluding hydrogens is 486 g/mol. The third kappa shape index (κ3) is 4.50. The highest BCUT2D eigenvalue weighted by molar-refractivity contribution is 6.02. The number of nitrogens with one attached hydrogen (secondary N) is 2. The van der Waals surface area contributed by atoms with Crippen LogP contribution in [0.2, 0.25) is 0 Å². The Bertz CT molecular complexity index is 1250. The van der Waals surface area contributed by atoms with Crippen molar-refractivity contribution in [3.8, 4) is 5.75 Å². The van der Waals surface area contributed by atoms with Crippen LogP contribution in [-0.2, 0) is 14.4 Å². The zero-order valence-corrected chi connectivity index (χ0v) is 21.8. The predicted molar refractivity (Wildman–Crippen MR) is 141 cm³/mol. The number of rotatable bonds is 7. The molecule has 2 aliphatic heterocycles. The summed E-state index contributed by atoms with van der Waals surface area (Å²) in [6.45, 7) is 0.613. The van der Waals surface area contributed by atoms with Crippen LogP contribution in [0.4, 0.5) is 0 Å². The molecule has 2 unspecified atom stereocenters. The second-order valence-corrected chi connectivity index (χ2v) is 11.2. The molecule has 0 radical (unpaired) electrons. The van der Waals surface area contributed by atoms with Crippen molar-refractivity contribution in [2.75, 3.05) is 13.7 Å². The van der Waals surface area contributed by atoms with E-state index in [1.807, 2.05) is 18.2 Å². The number of likely N-dealkylation sites (tertiary alicyclic amines) is 1. The molecule has 1 aliphatic carbocycles. The number of carbonyl (C=O) groups is 4. The topological polar surface area (TPSA) is 161 Å². The van der Waals surface area contributed by atoms with E-state index < -0.39 is 41.1 Å². The summed E-state index contributed by atoms with van der Waals surface area (Å²) in [6.07, 6.45) is 6.57. The van der Waals surface area contributed by atoms with Crippen molar-refractivity contribution in [3.05, 3.63) is 30.0 Å². The molecule has 204 valence electrons. The molecule has 4 atom stereocenters. The first-order chi connectivity index (χ1) is 18.3. The van der Waals surface area contributed by atoms with E-state index in [4.69, 9.17) is 16.2 Å². The van der Waals surface area contributed by atoms with Gasteiger partial charge in [0.2, 0.25) is 17.7 Å². The highest BCUT2D eigenvalue weighted by Gasteiger charge is 2.59. The fourth-order valence-electron chi connectivity index (χ4n) is 7.30. The zero-order chi connectivity index (χ0) is 27.0. The Balaban J connectivity index is 1.60. The van der Waals surface area contributed by atoms with E-state index in [0.717, 1.165) is 49.4 Å². The van der Waals surface area contributed by atoms with Crippen LogP contribution < -0.4 is 21.5 Å². The number of methoxy groups -OCH3 is 1. The molecule has 3 heterocycles. The van der Waals surface area contributed by atoms with Crippen LogP contribution in [0.15, 0.2) is 24.3 Å². The number of ether oxygens (including phenoxy) is 1. The Morgan fingerprint density at radius 3 is 2.58 bits per heavy atom. The fourth-order valence-corrected chi connectivity index (χ4v) is 7.30. The summed E-state index contributed by atoms with van der Waals surface area (Å²) < 4.78 is 5.46. The average molecular weight is 524 g/mol. The first-order valence-corrected chi connectivity index (χ1v) is 13.6. The van der Waals surface area contributed by atoms with Gasteiger partial charge < -0.3 is 31.4 Å². The summed E-state index contributed by atoms with van der Waals surface area (Å²) in [7, 11) is 1.56. The SMILES string of the molecule is COc1cccc2[nH]c(C(=O)N3C(C(N)=O)CC4(CCCCC4)C3[C@H](C[C@@H]3CCCNC3=O)C(N)=O)cc12. The van der Waals surface area contributed by atoms with Crippen molar-refractivity contribution < 1.29 is 23.9 Å². The fraction of sp³-hybridized carbons (Fsp3) is 0.571. The van der Waals surface area contributed by atoms with Crippen LogP contribution >= 0.6 is 0 Å². The van der Waals surface area contributed by atoms with Crippen molar-refractivity contribution in [3.63, 3.8) is 0 Å². The highest BCUT2D eigenvalue weighted by Crippen LogP contribution is 2.54. The molecule has 2 aromatic rings. The van der Waals surface area contributed by atoms with Gasteiger partial charge in [-0.2, -0.15) is 0 Å². The number of hydrogen-bond acceptors (Lipinski definition) is 5. The van der Waals surface area contributed by atoms with Gasteiger partial charge in [0.1, 0.15) is 17.5 Å². The minimum Gasteiger partial charge on any atom is -0.496 e. The minimum atomic E-state index is -0.874. The van der Waals surface area contributed by atoms with Gasteiger partial charge in [-0.3, -0.25) is 19.2 Å². The number of piperidine rings is 1. The summed E-state index contributed by atoms with van der Waals surface area (Å²) in [5.41, 5.74) is 12.5. The van der Waals surface area contributed by atoms with Gasteiger partial charge in [-0.15, -0.1) is 0 Å². The van der Waals surface area contributed by atoms with E-state index >= 15 is 0 Å². The lowest BCUT2D eigenvalue weighted by Crippen LogP contribution is -2.56. The molecule has 3 aliphatic rings. The highest BCUT2D eigenvalue weighted by atomic mass is 16.5. The maximum absolute atomic E-state index is 14.3. The summed E-state index contributed by atoms with van der Waals surface area (Å²) in [5.74, 6) is -2.19. The smallest absolute Gasteiger partial charge is 0.271 e. The van der Waals surface area contributed by atoms with E-state index in [1.54, 1.807) is 13.2 Å². The van der Waals surface area contributed by atoms with Crippen LogP contribution in [0.3, 0.4) is 0 Å². The summed E-state index contributed by atoms with van der Waals surface area (Å²) >= 11 is 0. The molecule has 2 saturated heterocycles. The van der Waals surface area contributed by atoms with Crippen molar-refractivity contribution >= 4 is 34.5 Å². The molecule has 3 fully saturated rings. The third-order valence-corrected chi connectivity index (χ3v) is 9.03. The van der Waals surface area contributed by atoms with E-state index in [1.165, 1.54) is 4.90 Å². The lowest BCUT2D eigenvalue weighted by atomic mass is 9.64. The van der Waals surface area contributed by atoms with Crippen molar-refractivity contribution in [1.29, 1.82) is 0 Å². The van der Waals surface area contributed by atoms with Crippen molar-refractivity contribution in [2.24, 2.45) is 28.7 Å². The molecule has 10 heteroatoms. The molecule has 5 rings (SSSR count). The largest absolute Gasteiger partial charge is 0.496 e. The zero-order valence-electron chi connectivity index (χ0n) is 21.8. The maximum Gasteiger partial charge on any atom is 0.271 e. The Morgan fingerprint density at radius 2 is 1.92 bits per heavy atom. The number of aromatic amines is 1. The summed E-state index contributed by atoms with van der Waals surface area (Å²) in [5, 5.41) is 3.63. The summed E-state index contributed by atoms with van der Waals surface area (Å²) in [6, 6.07) is 5.69. The van der Waals surface area contributed by atoms with E-state index in [9.17, 15) is 19.2 Å². The second kappa shape index (κ2) is 10.3.